The van der Waals surface area contributed by atoms with E-state index < -0.39 is 10.0 Å². The highest BCUT2D eigenvalue weighted by Crippen LogP contribution is 2.31. The van der Waals surface area contributed by atoms with E-state index in [1.165, 1.54) is 11.3 Å². The lowest BCUT2D eigenvalue weighted by molar-refractivity contribution is 0.581. The molecule has 0 spiro atoms. The number of sulfonamides is 1. The van der Waals surface area contributed by atoms with Crippen molar-refractivity contribution in [3.05, 3.63) is 44.8 Å². The van der Waals surface area contributed by atoms with Crippen LogP contribution in [0.4, 0.5) is 0 Å². The summed E-state index contributed by atoms with van der Waals surface area (Å²) in [5, 5.41) is 3.01. The maximum Gasteiger partial charge on any atom is 0.242 e. The second-order valence-corrected chi connectivity index (χ2v) is 8.57. The van der Waals surface area contributed by atoms with Crippen molar-refractivity contribution in [1.29, 1.82) is 0 Å². The molecule has 2 aromatic heterocycles. The summed E-state index contributed by atoms with van der Waals surface area (Å²) in [4.78, 5) is 5.20. The molecule has 5 nitrogen and oxygen atoms in total. The molecule has 2 aromatic rings. The largest absolute Gasteiger partial charge is 0.315 e. The van der Waals surface area contributed by atoms with E-state index in [4.69, 9.17) is 0 Å². The lowest BCUT2D eigenvalue weighted by Gasteiger charge is -2.05. The fraction of sp³-hybridized carbons (Fsp3) is 0.308. The Morgan fingerprint density at radius 3 is 2.71 bits per heavy atom. The summed E-state index contributed by atoms with van der Waals surface area (Å²) < 4.78 is 27.8. The van der Waals surface area contributed by atoms with Crippen LogP contribution >= 0.6 is 27.3 Å². The number of nitrogens with one attached hydrogen (secondary N) is 2. The first-order chi connectivity index (χ1) is 10.0. The third-order valence-electron chi connectivity index (χ3n) is 2.80. The minimum Gasteiger partial charge on any atom is -0.315 e. The van der Waals surface area contributed by atoms with E-state index in [0.29, 0.717) is 28.2 Å². The van der Waals surface area contributed by atoms with Crippen molar-refractivity contribution in [2.45, 2.75) is 17.9 Å². The van der Waals surface area contributed by atoms with Gasteiger partial charge < -0.3 is 5.32 Å². The van der Waals surface area contributed by atoms with E-state index in [9.17, 15) is 8.42 Å². The van der Waals surface area contributed by atoms with Crippen LogP contribution in [-0.2, 0) is 23.0 Å². The van der Waals surface area contributed by atoms with Gasteiger partial charge in [0.1, 0.15) is 4.90 Å². The van der Waals surface area contributed by atoms with Crippen LogP contribution in [0.25, 0.3) is 0 Å². The second kappa shape index (κ2) is 7.46. The molecule has 0 saturated carbocycles. The van der Waals surface area contributed by atoms with E-state index in [1.54, 1.807) is 18.5 Å². The molecule has 0 aromatic carbocycles. The summed E-state index contributed by atoms with van der Waals surface area (Å²) in [6.45, 7) is 1.01. The van der Waals surface area contributed by atoms with Crippen LogP contribution in [0.3, 0.4) is 0 Å². The smallest absolute Gasteiger partial charge is 0.242 e. The third kappa shape index (κ3) is 4.58. The topological polar surface area (TPSA) is 71.1 Å². The normalized spacial score (nSPS) is 11.7. The molecule has 0 atom stereocenters. The van der Waals surface area contributed by atoms with Gasteiger partial charge in [0, 0.05) is 30.4 Å². The van der Waals surface area contributed by atoms with E-state index in [1.807, 2.05) is 19.2 Å². The predicted octanol–water partition coefficient (Wildman–Crippen LogP) is 2.15. The minimum absolute atomic E-state index is 0.299. The molecule has 0 saturated heterocycles. The van der Waals surface area contributed by atoms with Gasteiger partial charge in [0.2, 0.25) is 10.0 Å². The Hall–Kier alpha value is -0.800. The van der Waals surface area contributed by atoms with Gasteiger partial charge in [-0.15, -0.1) is 11.3 Å². The highest BCUT2D eigenvalue weighted by atomic mass is 79.9. The summed E-state index contributed by atoms with van der Waals surface area (Å²) in [7, 11) is -1.66. The number of aromatic nitrogens is 1. The SMILES string of the molecule is CNCc1cc(S(=O)(=O)NCCc2ccncc2)c(Br)s1. The molecule has 0 radical (unpaired) electrons. The Kier molecular flexibility index (Phi) is 5.88. The number of pyridine rings is 1. The summed E-state index contributed by atoms with van der Waals surface area (Å²) in [5.74, 6) is 0. The first-order valence-corrected chi connectivity index (χ1v) is 9.43. The number of thiophene rings is 1. The highest BCUT2D eigenvalue weighted by molar-refractivity contribution is 9.11. The molecule has 0 fully saturated rings. The number of nitrogens with zero attached hydrogens (tertiary/aromatic N) is 1. The Morgan fingerprint density at radius 2 is 2.05 bits per heavy atom. The van der Waals surface area contributed by atoms with Gasteiger partial charge in [-0.25, -0.2) is 13.1 Å². The molecule has 2 N–H and O–H groups in total. The fourth-order valence-electron chi connectivity index (χ4n) is 1.80. The zero-order valence-electron chi connectivity index (χ0n) is 11.5. The highest BCUT2D eigenvalue weighted by Gasteiger charge is 2.20. The molecule has 2 rings (SSSR count). The van der Waals surface area contributed by atoms with Crippen LogP contribution in [0.1, 0.15) is 10.4 Å². The number of hydrogen-bond acceptors (Lipinski definition) is 5. The molecule has 8 heteroatoms. The number of hydrogen-bond donors (Lipinski definition) is 2. The number of rotatable bonds is 7. The summed E-state index contributed by atoms with van der Waals surface area (Å²) >= 11 is 4.75. The average molecular weight is 390 g/mol. The van der Waals surface area contributed by atoms with E-state index >= 15 is 0 Å². The monoisotopic (exact) mass is 389 g/mol. The van der Waals surface area contributed by atoms with Crippen molar-refractivity contribution in [2.24, 2.45) is 0 Å². The van der Waals surface area contributed by atoms with Gasteiger partial charge in [-0.3, -0.25) is 4.98 Å². The Morgan fingerprint density at radius 1 is 1.33 bits per heavy atom. The van der Waals surface area contributed by atoms with Crippen molar-refractivity contribution in [3.8, 4) is 0 Å². The first kappa shape index (κ1) is 16.6. The van der Waals surface area contributed by atoms with Gasteiger partial charge >= 0.3 is 0 Å². The third-order valence-corrected chi connectivity index (χ3v) is 6.52. The Bertz CT molecular complexity index is 687. The molecule has 2 heterocycles. The zero-order valence-corrected chi connectivity index (χ0v) is 14.7. The van der Waals surface area contributed by atoms with E-state index in [0.717, 1.165) is 10.4 Å². The van der Waals surface area contributed by atoms with Crippen LogP contribution < -0.4 is 10.0 Å². The zero-order chi connectivity index (χ0) is 15.3. The first-order valence-electron chi connectivity index (χ1n) is 6.34. The molecule has 114 valence electrons. The number of halogens is 1. The quantitative estimate of drug-likeness (QED) is 0.760. The fourth-order valence-corrected chi connectivity index (χ4v) is 5.52. The molecule has 0 amide bonds. The van der Waals surface area contributed by atoms with Crippen LogP contribution in [-0.4, -0.2) is 27.0 Å². The van der Waals surface area contributed by atoms with Gasteiger partial charge in [-0.2, -0.15) is 0 Å². The average Bonchev–Trinajstić information content (AvgIpc) is 2.82. The summed E-state index contributed by atoms with van der Waals surface area (Å²) in [6.07, 6.45) is 4.03. The molecule has 0 aliphatic carbocycles. The van der Waals surface area contributed by atoms with Crippen molar-refractivity contribution in [3.63, 3.8) is 0 Å². The lowest BCUT2D eigenvalue weighted by atomic mass is 10.2. The van der Waals surface area contributed by atoms with E-state index in [-0.39, 0.29) is 0 Å². The van der Waals surface area contributed by atoms with Crippen LogP contribution in [0.5, 0.6) is 0 Å². The van der Waals surface area contributed by atoms with Crippen molar-refractivity contribution >= 4 is 37.3 Å². The molecule has 0 aliphatic rings. The maximum atomic E-state index is 12.3. The minimum atomic E-state index is -3.49. The molecular formula is C13H16BrN3O2S2. The lowest BCUT2D eigenvalue weighted by Crippen LogP contribution is -2.25. The van der Waals surface area contributed by atoms with Gasteiger partial charge in [-0.1, -0.05) is 0 Å². The molecule has 0 unspecified atom stereocenters. The maximum absolute atomic E-state index is 12.3. The Balaban J connectivity index is 2.01. The second-order valence-electron chi connectivity index (χ2n) is 4.38. The van der Waals surface area contributed by atoms with Crippen LogP contribution in [0.2, 0.25) is 0 Å². The summed E-state index contributed by atoms with van der Waals surface area (Å²) in [6, 6.07) is 5.44. The van der Waals surface area contributed by atoms with Gasteiger partial charge in [0.05, 0.1) is 3.79 Å². The molecule has 0 bridgehead atoms. The van der Waals surface area contributed by atoms with Gasteiger partial charge in [0.15, 0.2) is 0 Å². The van der Waals surface area contributed by atoms with Crippen LogP contribution in [0, 0.1) is 0 Å². The predicted molar refractivity (Wildman–Crippen MR) is 87.9 cm³/mol. The van der Waals surface area contributed by atoms with Gasteiger partial charge in [0.25, 0.3) is 0 Å². The van der Waals surface area contributed by atoms with Crippen molar-refractivity contribution < 1.29 is 8.42 Å². The van der Waals surface area contributed by atoms with Gasteiger partial charge in [-0.05, 0) is 53.2 Å². The molecular weight excluding hydrogens is 374 g/mol. The molecule has 21 heavy (non-hydrogen) atoms. The van der Waals surface area contributed by atoms with Crippen molar-refractivity contribution in [2.75, 3.05) is 13.6 Å². The summed E-state index contributed by atoms with van der Waals surface area (Å²) in [5.41, 5.74) is 1.05. The standard InChI is InChI=1S/C13H16BrN3O2S2/c1-15-9-11-8-12(13(14)20-11)21(18,19)17-7-4-10-2-5-16-6-3-10/h2-3,5-6,8,15,17H,4,7,9H2,1H3. The van der Waals surface area contributed by atoms with E-state index in [2.05, 4.69) is 31.0 Å². The Labute approximate surface area is 137 Å². The van der Waals surface area contributed by atoms with Crippen LogP contribution in [0.15, 0.2) is 39.3 Å². The molecule has 0 aliphatic heterocycles. The van der Waals surface area contributed by atoms with Crippen molar-refractivity contribution in [1.82, 2.24) is 15.0 Å².